The van der Waals surface area contributed by atoms with E-state index in [9.17, 15) is 4.79 Å². The molecular formula is C15H23NO3. The minimum absolute atomic E-state index is 0.268. The molecule has 4 heteroatoms. The van der Waals surface area contributed by atoms with Gasteiger partial charge in [-0.1, -0.05) is 19.3 Å². The largest absolute Gasteiger partial charge is 0.463 e. The molecule has 0 radical (unpaired) electrons. The molecule has 1 atom stereocenters. The van der Waals surface area contributed by atoms with Crippen molar-refractivity contribution in [3.8, 4) is 0 Å². The molecule has 2 rings (SSSR count). The SMILES string of the molecule is COC(=O)c1ccc(CN[C@H](C)C2CCCCC2)o1. The van der Waals surface area contributed by atoms with E-state index in [1.54, 1.807) is 6.07 Å². The van der Waals surface area contributed by atoms with Crippen molar-refractivity contribution < 1.29 is 13.9 Å². The molecule has 1 fully saturated rings. The van der Waals surface area contributed by atoms with Crippen LogP contribution in [0.15, 0.2) is 16.5 Å². The Bertz CT molecular complexity index is 407. The average molecular weight is 265 g/mol. The van der Waals surface area contributed by atoms with Gasteiger partial charge < -0.3 is 14.5 Å². The first kappa shape index (κ1) is 14.1. The highest BCUT2D eigenvalue weighted by atomic mass is 16.5. The third-order valence-electron chi connectivity index (χ3n) is 4.00. The lowest BCUT2D eigenvalue weighted by atomic mass is 9.84. The molecule has 1 aliphatic rings. The van der Waals surface area contributed by atoms with E-state index in [0.29, 0.717) is 12.6 Å². The number of carbonyl (C=O) groups excluding carboxylic acids is 1. The molecule has 106 valence electrons. The van der Waals surface area contributed by atoms with Crippen molar-refractivity contribution in [3.05, 3.63) is 23.7 Å². The monoisotopic (exact) mass is 265 g/mol. The number of hydrogen-bond acceptors (Lipinski definition) is 4. The van der Waals surface area contributed by atoms with E-state index in [1.807, 2.05) is 6.07 Å². The van der Waals surface area contributed by atoms with Gasteiger partial charge in [-0.25, -0.2) is 4.79 Å². The predicted octanol–water partition coefficient (Wildman–Crippen LogP) is 3.12. The third kappa shape index (κ3) is 3.83. The zero-order valence-corrected chi connectivity index (χ0v) is 11.8. The summed E-state index contributed by atoms with van der Waals surface area (Å²) in [5.74, 6) is 1.39. The van der Waals surface area contributed by atoms with Crippen LogP contribution in [-0.4, -0.2) is 19.1 Å². The molecule has 0 spiro atoms. The van der Waals surface area contributed by atoms with Crippen LogP contribution in [0, 0.1) is 5.92 Å². The molecule has 0 aromatic carbocycles. The summed E-state index contributed by atoms with van der Waals surface area (Å²) >= 11 is 0. The molecule has 1 aromatic heterocycles. The third-order valence-corrected chi connectivity index (χ3v) is 4.00. The Balaban J connectivity index is 1.81. The Labute approximate surface area is 114 Å². The Kier molecular flexibility index (Phi) is 5.02. The predicted molar refractivity (Wildman–Crippen MR) is 72.9 cm³/mol. The van der Waals surface area contributed by atoms with Gasteiger partial charge in [-0.2, -0.15) is 0 Å². The molecule has 0 bridgehead atoms. The number of hydrogen-bond donors (Lipinski definition) is 1. The maximum Gasteiger partial charge on any atom is 0.373 e. The summed E-state index contributed by atoms with van der Waals surface area (Å²) in [4.78, 5) is 11.3. The molecule has 0 amide bonds. The van der Waals surface area contributed by atoms with Gasteiger partial charge in [0.05, 0.1) is 13.7 Å². The maximum absolute atomic E-state index is 11.3. The Morgan fingerprint density at radius 3 is 2.84 bits per heavy atom. The van der Waals surface area contributed by atoms with Crippen LogP contribution < -0.4 is 5.32 Å². The average Bonchev–Trinajstić information content (AvgIpc) is 2.93. The highest BCUT2D eigenvalue weighted by molar-refractivity contribution is 5.86. The summed E-state index contributed by atoms with van der Waals surface area (Å²) in [6.07, 6.45) is 6.72. The molecule has 1 heterocycles. The molecule has 19 heavy (non-hydrogen) atoms. The Morgan fingerprint density at radius 1 is 1.42 bits per heavy atom. The van der Waals surface area contributed by atoms with Crippen molar-refractivity contribution in [1.29, 1.82) is 0 Å². The van der Waals surface area contributed by atoms with Crippen molar-refractivity contribution in [3.63, 3.8) is 0 Å². The van der Waals surface area contributed by atoms with Crippen LogP contribution in [0.25, 0.3) is 0 Å². The molecule has 1 saturated carbocycles. The summed E-state index contributed by atoms with van der Waals surface area (Å²) in [6.45, 7) is 2.90. The number of esters is 1. The minimum Gasteiger partial charge on any atom is -0.463 e. The second kappa shape index (κ2) is 6.75. The van der Waals surface area contributed by atoms with Gasteiger partial charge in [-0.3, -0.25) is 0 Å². The van der Waals surface area contributed by atoms with Gasteiger partial charge in [0.1, 0.15) is 5.76 Å². The van der Waals surface area contributed by atoms with Crippen LogP contribution in [0.4, 0.5) is 0 Å². The highest BCUT2D eigenvalue weighted by Crippen LogP contribution is 2.26. The zero-order chi connectivity index (χ0) is 13.7. The lowest BCUT2D eigenvalue weighted by Crippen LogP contribution is -2.34. The molecule has 1 aromatic rings. The van der Waals surface area contributed by atoms with E-state index >= 15 is 0 Å². The van der Waals surface area contributed by atoms with Crippen molar-refractivity contribution >= 4 is 5.97 Å². The Hall–Kier alpha value is -1.29. The van der Waals surface area contributed by atoms with E-state index in [0.717, 1.165) is 11.7 Å². The van der Waals surface area contributed by atoms with Crippen LogP contribution in [-0.2, 0) is 11.3 Å². The quantitative estimate of drug-likeness (QED) is 0.831. The van der Waals surface area contributed by atoms with Crippen molar-refractivity contribution in [2.75, 3.05) is 7.11 Å². The summed E-state index contributed by atoms with van der Waals surface area (Å²) < 4.78 is 10.1. The van der Waals surface area contributed by atoms with E-state index in [-0.39, 0.29) is 5.76 Å². The van der Waals surface area contributed by atoms with E-state index < -0.39 is 5.97 Å². The van der Waals surface area contributed by atoms with Crippen LogP contribution in [0.1, 0.15) is 55.3 Å². The topological polar surface area (TPSA) is 51.5 Å². The molecule has 4 nitrogen and oxygen atoms in total. The summed E-state index contributed by atoms with van der Waals surface area (Å²) in [5, 5.41) is 3.49. The van der Waals surface area contributed by atoms with Crippen LogP contribution >= 0.6 is 0 Å². The van der Waals surface area contributed by atoms with Gasteiger partial charge in [0, 0.05) is 6.04 Å². The lowest BCUT2D eigenvalue weighted by Gasteiger charge is -2.28. The maximum atomic E-state index is 11.3. The van der Waals surface area contributed by atoms with Crippen molar-refractivity contribution in [2.24, 2.45) is 5.92 Å². The highest BCUT2D eigenvalue weighted by Gasteiger charge is 2.20. The lowest BCUT2D eigenvalue weighted by molar-refractivity contribution is 0.0562. The minimum atomic E-state index is -0.424. The second-order valence-corrected chi connectivity index (χ2v) is 5.33. The van der Waals surface area contributed by atoms with E-state index in [4.69, 9.17) is 4.42 Å². The van der Waals surface area contributed by atoms with Gasteiger partial charge in [0.25, 0.3) is 0 Å². The fraction of sp³-hybridized carbons (Fsp3) is 0.667. The Morgan fingerprint density at radius 2 is 2.16 bits per heavy atom. The molecule has 1 aliphatic carbocycles. The first-order valence-electron chi connectivity index (χ1n) is 7.11. The normalized spacial score (nSPS) is 18.2. The second-order valence-electron chi connectivity index (χ2n) is 5.33. The van der Waals surface area contributed by atoms with Gasteiger partial charge in [-0.05, 0) is 37.8 Å². The molecule has 0 aliphatic heterocycles. The van der Waals surface area contributed by atoms with Crippen LogP contribution in [0.3, 0.4) is 0 Å². The number of methoxy groups -OCH3 is 1. The van der Waals surface area contributed by atoms with Gasteiger partial charge in [0.15, 0.2) is 0 Å². The number of nitrogens with one attached hydrogen (secondary N) is 1. The smallest absolute Gasteiger partial charge is 0.373 e. The summed E-state index contributed by atoms with van der Waals surface area (Å²) in [5.41, 5.74) is 0. The summed E-state index contributed by atoms with van der Waals surface area (Å²) in [7, 11) is 1.36. The number of furan rings is 1. The molecule has 0 saturated heterocycles. The number of ether oxygens (including phenoxy) is 1. The van der Waals surface area contributed by atoms with E-state index in [2.05, 4.69) is 17.0 Å². The van der Waals surface area contributed by atoms with Gasteiger partial charge >= 0.3 is 5.97 Å². The van der Waals surface area contributed by atoms with Crippen molar-refractivity contribution in [2.45, 2.75) is 51.6 Å². The van der Waals surface area contributed by atoms with Gasteiger partial charge in [-0.15, -0.1) is 0 Å². The molecule has 1 N–H and O–H groups in total. The van der Waals surface area contributed by atoms with Gasteiger partial charge in [0.2, 0.25) is 5.76 Å². The summed E-state index contributed by atoms with van der Waals surface area (Å²) in [6, 6.07) is 3.98. The number of carbonyl (C=O) groups is 1. The van der Waals surface area contributed by atoms with Crippen molar-refractivity contribution in [1.82, 2.24) is 5.32 Å². The number of rotatable bonds is 5. The first-order chi connectivity index (χ1) is 9.20. The van der Waals surface area contributed by atoms with Crippen LogP contribution in [0.2, 0.25) is 0 Å². The fourth-order valence-corrected chi connectivity index (χ4v) is 2.75. The standard InChI is InChI=1S/C15H23NO3/c1-11(12-6-4-3-5-7-12)16-10-13-8-9-14(19-13)15(17)18-2/h8-9,11-12,16H,3-7,10H2,1-2H3/t11-/m1/s1. The molecule has 0 unspecified atom stereocenters. The zero-order valence-electron chi connectivity index (χ0n) is 11.8. The van der Waals surface area contributed by atoms with E-state index in [1.165, 1.54) is 39.2 Å². The fourth-order valence-electron chi connectivity index (χ4n) is 2.75. The van der Waals surface area contributed by atoms with Crippen LogP contribution in [0.5, 0.6) is 0 Å². The molecular weight excluding hydrogens is 242 g/mol. The first-order valence-corrected chi connectivity index (χ1v) is 7.11.